The standard InChI is InChI=1S/C19H21N5OS/c1-14-17(26-22-21-14)19(25)23-10-7-15(8-11-23)13-24-12-9-20-18(24)16-5-3-2-4-6-16/h2-6,9,12,15H,7-8,10-11,13H2,1H3. The van der Waals surface area contributed by atoms with E-state index in [2.05, 4.69) is 31.3 Å². The molecule has 4 rings (SSSR count). The Hall–Kier alpha value is -2.54. The minimum Gasteiger partial charge on any atom is -0.338 e. The van der Waals surface area contributed by atoms with Gasteiger partial charge in [-0.25, -0.2) is 4.98 Å². The third-order valence-corrected chi connectivity index (χ3v) is 5.77. The molecule has 134 valence electrons. The highest BCUT2D eigenvalue weighted by atomic mass is 32.1. The van der Waals surface area contributed by atoms with Crippen LogP contribution in [0.1, 0.15) is 28.2 Å². The average molecular weight is 367 g/mol. The quantitative estimate of drug-likeness (QED) is 0.710. The monoisotopic (exact) mass is 367 g/mol. The van der Waals surface area contributed by atoms with Crippen molar-refractivity contribution in [1.82, 2.24) is 24.0 Å². The number of rotatable bonds is 4. The lowest BCUT2D eigenvalue weighted by atomic mass is 9.96. The van der Waals surface area contributed by atoms with Crippen LogP contribution in [0.5, 0.6) is 0 Å². The Balaban J connectivity index is 1.39. The zero-order valence-corrected chi connectivity index (χ0v) is 15.5. The van der Waals surface area contributed by atoms with Crippen LogP contribution in [0.4, 0.5) is 0 Å². The van der Waals surface area contributed by atoms with Gasteiger partial charge in [-0.2, -0.15) is 0 Å². The van der Waals surface area contributed by atoms with E-state index in [1.54, 1.807) is 0 Å². The molecule has 7 heteroatoms. The molecule has 1 saturated heterocycles. The summed E-state index contributed by atoms with van der Waals surface area (Å²) in [5, 5.41) is 3.95. The van der Waals surface area contributed by atoms with Crippen LogP contribution in [0.2, 0.25) is 0 Å². The van der Waals surface area contributed by atoms with E-state index in [1.165, 1.54) is 11.5 Å². The maximum absolute atomic E-state index is 12.6. The van der Waals surface area contributed by atoms with Gasteiger partial charge in [0.15, 0.2) is 0 Å². The lowest BCUT2D eigenvalue weighted by Gasteiger charge is -2.32. The maximum Gasteiger partial charge on any atom is 0.267 e. The minimum absolute atomic E-state index is 0.0727. The number of benzene rings is 1. The molecule has 1 aromatic carbocycles. The third-order valence-electron chi connectivity index (χ3n) is 4.95. The summed E-state index contributed by atoms with van der Waals surface area (Å²) >= 11 is 1.19. The smallest absolute Gasteiger partial charge is 0.267 e. The van der Waals surface area contributed by atoms with Crippen molar-refractivity contribution in [2.75, 3.05) is 13.1 Å². The molecule has 0 saturated carbocycles. The molecule has 26 heavy (non-hydrogen) atoms. The van der Waals surface area contributed by atoms with Crippen molar-refractivity contribution in [3.05, 3.63) is 53.3 Å². The van der Waals surface area contributed by atoms with Gasteiger partial charge < -0.3 is 9.47 Å². The molecular formula is C19H21N5OS. The van der Waals surface area contributed by atoms with E-state index in [1.807, 2.05) is 42.4 Å². The van der Waals surface area contributed by atoms with Gasteiger partial charge in [-0.15, -0.1) is 5.10 Å². The number of aryl methyl sites for hydroxylation is 1. The van der Waals surface area contributed by atoms with Crippen LogP contribution in [0.25, 0.3) is 11.4 Å². The number of carbonyl (C=O) groups excluding carboxylic acids is 1. The Morgan fingerprint density at radius 3 is 2.69 bits per heavy atom. The van der Waals surface area contributed by atoms with Crippen LogP contribution in [-0.2, 0) is 6.54 Å². The normalized spacial score (nSPS) is 15.3. The van der Waals surface area contributed by atoms with Crippen molar-refractivity contribution in [1.29, 1.82) is 0 Å². The molecule has 0 N–H and O–H groups in total. The van der Waals surface area contributed by atoms with Gasteiger partial charge in [0.1, 0.15) is 10.7 Å². The Morgan fingerprint density at radius 2 is 2.00 bits per heavy atom. The highest BCUT2D eigenvalue weighted by Gasteiger charge is 2.26. The molecule has 2 aromatic heterocycles. The van der Waals surface area contributed by atoms with Gasteiger partial charge in [0, 0.05) is 37.6 Å². The summed E-state index contributed by atoms with van der Waals surface area (Å²) < 4.78 is 6.11. The molecule has 0 bridgehead atoms. The van der Waals surface area contributed by atoms with Gasteiger partial charge in [-0.3, -0.25) is 4.79 Å². The van der Waals surface area contributed by atoms with E-state index in [0.717, 1.165) is 49.6 Å². The molecule has 1 fully saturated rings. The van der Waals surface area contributed by atoms with E-state index in [9.17, 15) is 4.79 Å². The number of imidazole rings is 1. The molecule has 3 heterocycles. The fourth-order valence-electron chi connectivity index (χ4n) is 3.47. The molecule has 0 unspecified atom stereocenters. The zero-order chi connectivity index (χ0) is 17.9. The number of amides is 1. The summed E-state index contributed by atoms with van der Waals surface area (Å²) in [6, 6.07) is 10.3. The van der Waals surface area contributed by atoms with Crippen molar-refractivity contribution < 1.29 is 4.79 Å². The topological polar surface area (TPSA) is 63.9 Å². The molecule has 0 spiro atoms. The SMILES string of the molecule is Cc1nnsc1C(=O)N1CCC(Cn2ccnc2-c2ccccc2)CC1. The second kappa shape index (κ2) is 7.37. The lowest BCUT2D eigenvalue weighted by molar-refractivity contribution is 0.0687. The summed E-state index contributed by atoms with van der Waals surface area (Å²) in [6.07, 6.45) is 5.92. The summed E-state index contributed by atoms with van der Waals surface area (Å²) in [5.74, 6) is 1.63. The molecule has 3 aromatic rings. The van der Waals surface area contributed by atoms with Crippen molar-refractivity contribution in [2.45, 2.75) is 26.3 Å². The van der Waals surface area contributed by atoms with Crippen LogP contribution in [0, 0.1) is 12.8 Å². The van der Waals surface area contributed by atoms with Gasteiger partial charge in [-0.1, -0.05) is 34.8 Å². The summed E-state index contributed by atoms with van der Waals surface area (Å²) in [5.41, 5.74) is 1.87. The van der Waals surface area contributed by atoms with Crippen LogP contribution < -0.4 is 0 Å². The summed E-state index contributed by atoms with van der Waals surface area (Å²) in [7, 11) is 0. The van der Waals surface area contributed by atoms with Gasteiger partial charge in [0.2, 0.25) is 0 Å². The van der Waals surface area contributed by atoms with E-state index in [0.29, 0.717) is 10.8 Å². The van der Waals surface area contributed by atoms with Gasteiger partial charge >= 0.3 is 0 Å². The first kappa shape index (κ1) is 16.9. The molecule has 0 aliphatic carbocycles. The molecule has 1 aliphatic rings. The number of piperidine rings is 1. The third kappa shape index (κ3) is 3.39. The van der Waals surface area contributed by atoms with Gasteiger partial charge in [0.25, 0.3) is 5.91 Å². The largest absolute Gasteiger partial charge is 0.338 e. The van der Waals surface area contributed by atoms with Crippen LogP contribution >= 0.6 is 11.5 Å². The lowest BCUT2D eigenvalue weighted by Crippen LogP contribution is -2.39. The number of nitrogens with zero attached hydrogens (tertiary/aromatic N) is 5. The Morgan fingerprint density at radius 1 is 1.23 bits per heavy atom. The van der Waals surface area contributed by atoms with Gasteiger partial charge in [0.05, 0.1) is 5.69 Å². The number of hydrogen-bond donors (Lipinski definition) is 0. The first-order valence-electron chi connectivity index (χ1n) is 8.87. The van der Waals surface area contributed by atoms with Crippen LogP contribution in [0.15, 0.2) is 42.7 Å². The second-order valence-corrected chi connectivity index (χ2v) is 7.45. The number of carbonyl (C=O) groups is 1. The minimum atomic E-state index is 0.0727. The molecule has 1 amide bonds. The Bertz CT molecular complexity index is 880. The van der Waals surface area contributed by atoms with E-state index < -0.39 is 0 Å². The van der Waals surface area contributed by atoms with Gasteiger partial charge in [-0.05, 0) is 37.2 Å². The van der Waals surface area contributed by atoms with Crippen molar-refractivity contribution in [3.8, 4) is 11.4 Å². The highest BCUT2D eigenvalue weighted by Crippen LogP contribution is 2.25. The van der Waals surface area contributed by atoms with E-state index in [-0.39, 0.29) is 5.91 Å². The van der Waals surface area contributed by atoms with Crippen molar-refractivity contribution in [2.24, 2.45) is 5.92 Å². The fraction of sp³-hybridized carbons (Fsp3) is 0.368. The summed E-state index contributed by atoms with van der Waals surface area (Å²) in [4.78, 5) is 19.7. The first-order valence-corrected chi connectivity index (χ1v) is 9.64. The van der Waals surface area contributed by atoms with E-state index >= 15 is 0 Å². The van der Waals surface area contributed by atoms with E-state index in [4.69, 9.17) is 0 Å². The molecule has 0 atom stereocenters. The highest BCUT2D eigenvalue weighted by molar-refractivity contribution is 7.07. The second-order valence-electron chi connectivity index (χ2n) is 6.69. The fourth-order valence-corrected chi connectivity index (χ4v) is 4.10. The number of aromatic nitrogens is 4. The number of likely N-dealkylation sites (tertiary alicyclic amines) is 1. The first-order chi connectivity index (χ1) is 12.7. The number of hydrogen-bond acceptors (Lipinski definition) is 5. The van der Waals surface area contributed by atoms with Crippen molar-refractivity contribution >= 4 is 17.4 Å². The van der Waals surface area contributed by atoms with Crippen LogP contribution in [-0.4, -0.2) is 43.0 Å². The Labute approximate surface area is 156 Å². The average Bonchev–Trinajstić information content (AvgIpc) is 3.31. The van der Waals surface area contributed by atoms with Crippen molar-refractivity contribution in [3.63, 3.8) is 0 Å². The Kier molecular flexibility index (Phi) is 4.79. The van der Waals surface area contributed by atoms with Crippen LogP contribution in [0.3, 0.4) is 0 Å². The molecular weight excluding hydrogens is 346 g/mol. The predicted octanol–water partition coefficient (Wildman–Crippen LogP) is 3.26. The predicted molar refractivity (Wildman–Crippen MR) is 101 cm³/mol. The molecule has 6 nitrogen and oxygen atoms in total. The molecule has 0 radical (unpaired) electrons. The maximum atomic E-state index is 12.6. The zero-order valence-electron chi connectivity index (χ0n) is 14.7. The summed E-state index contributed by atoms with van der Waals surface area (Å²) in [6.45, 7) is 4.35. The molecule has 1 aliphatic heterocycles.